The first kappa shape index (κ1) is 17.9. The fraction of sp³-hybridized carbons (Fsp3) is 0.400. The van der Waals surface area contributed by atoms with Crippen molar-refractivity contribution in [3.8, 4) is 0 Å². The summed E-state index contributed by atoms with van der Waals surface area (Å²) < 4.78 is 28.9. The van der Waals surface area contributed by atoms with Gasteiger partial charge in [-0.3, -0.25) is 4.79 Å². The van der Waals surface area contributed by atoms with Crippen LogP contribution in [0.15, 0.2) is 34.3 Å². The Morgan fingerprint density at radius 1 is 1.25 bits per heavy atom. The van der Waals surface area contributed by atoms with Gasteiger partial charge in [0.1, 0.15) is 6.61 Å². The summed E-state index contributed by atoms with van der Waals surface area (Å²) in [4.78, 5) is 27.2. The molecule has 2 rings (SSSR count). The molecule has 0 atom stereocenters. The zero-order valence-corrected chi connectivity index (χ0v) is 13.8. The number of carboxylic acids is 1. The van der Waals surface area contributed by atoms with Crippen LogP contribution in [0.2, 0.25) is 0 Å². The van der Waals surface area contributed by atoms with Crippen LogP contribution in [0.25, 0.3) is 0 Å². The van der Waals surface area contributed by atoms with Gasteiger partial charge in [0, 0.05) is 5.56 Å². The lowest BCUT2D eigenvalue weighted by Crippen LogP contribution is -2.18. The van der Waals surface area contributed by atoms with Crippen LogP contribution in [0.3, 0.4) is 0 Å². The van der Waals surface area contributed by atoms with Crippen LogP contribution in [-0.2, 0) is 29.0 Å². The highest BCUT2D eigenvalue weighted by molar-refractivity contribution is 7.92. The summed E-state index contributed by atoms with van der Waals surface area (Å²) in [5.74, 6) is -1.83. The second-order valence-corrected chi connectivity index (χ2v) is 7.41. The van der Waals surface area contributed by atoms with Gasteiger partial charge in [-0.25, -0.2) is 13.2 Å². The number of carboxylic acid groups (broad SMARTS) is 1. The van der Waals surface area contributed by atoms with E-state index in [1.54, 1.807) is 0 Å². The Morgan fingerprint density at radius 2 is 1.88 bits per heavy atom. The van der Waals surface area contributed by atoms with E-state index in [-0.39, 0.29) is 28.9 Å². The Labute approximate surface area is 139 Å². The number of benzene rings is 1. The van der Waals surface area contributed by atoms with Gasteiger partial charge in [0.25, 0.3) is 0 Å². The van der Waals surface area contributed by atoms with Gasteiger partial charge in [0.2, 0.25) is 0 Å². The van der Waals surface area contributed by atoms with Gasteiger partial charge in [-0.2, -0.15) is 0 Å². The number of sulfone groups is 1. The molecule has 1 aromatic rings. The summed E-state index contributed by atoms with van der Waals surface area (Å²) in [5.41, 5.74) is 0.144. The Bertz CT molecular complexity index is 749. The van der Waals surface area contributed by atoms with Crippen molar-refractivity contribution < 1.29 is 32.7 Å². The maximum atomic E-state index is 12.1. The van der Waals surface area contributed by atoms with Gasteiger partial charge in [0.15, 0.2) is 15.5 Å². The molecule has 0 heterocycles. The summed E-state index contributed by atoms with van der Waals surface area (Å²) in [6.07, 6.45) is 1.06. The zero-order chi connectivity index (χ0) is 17.7. The van der Waals surface area contributed by atoms with Crippen molar-refractivity contribution in [2.45, 2.75) is 29.4 Å². The second-order valence-electron chi connectivity index (χ2n) is 5.18. The third-order valence-corrected chi connectivity index (χ3v) is 5.64. The maximum Gasteiger partial charge on any atom is 0.360 e. The number of methoxy groups -OCH3 is 1. The van der Waals surface area contributed by atoms with Gasteiger partial charge in [-0.05, 0) is 25.0 Å². The molecule has 1 aliphatic rings. The molecule has 130 valence electrons. The first-order valence-electron chi connectivity index (χ1n) is 7.20. The van der Waals surface area contributed by atoms with Crippen molar-refractivity contribution in [2.24, 2.45) is 5.16 Å². The van der Waals surface area contributed by atoms with Crippen LogP contribution in [0.5, 0.6) is 0 Å². The number of aliphatic carboxylic acids is 1. The number of esters is 1. The number of rotatable bonds is 8. The van der Waals surface area contributed by atoms with E-state index in [0.717, 1.165) is 0 Å². The minimum atomic E-state index is -3.32. The predicted molar refractivity (Wildman–Crippen MR) is 83.4 cm³/mol. The van der Waals surface area contributed by atoms with Crippen LogP contribution >= 0.6 is 0 Å². The maximum absolute atomic E-state index is 12.1. The lowest BCUT2D eigenvalue weighted by molar-refractivity contribution is -0.138. The summed E-state index contributed by atoms with van der Waals surface area (Å²) in [6, 6.07) is 5.68. The monoisotopic (exact) mass is 355 g/mol. The number of ether oxygens (including phenoxy) is 1. The molecular weight excluding hydrogens is 338 g/mol. The first-order chi connectivity index (χ1) is 11.4. The average molecular weight is 355 g/mol. The van der Waals surface area contributed by atoms with Crippen LogP contribution in [-0.4, -0.2) is 50.1 Å². The lowest BCUT2D eigenvalue weighted by atomic mass is 10.1. The van der Waals surface area contributed by atoms with E-state index < -0.39 is 21.8 Å². The molecule has 24 heavy (non-hydrogen) atoms. The third kappa shape index (κ3) is 4.31. The van der Waals surface area contributed by atoms with Crippen LogP contribution in [0, 0.1) is 0 Å². The molecule has 0 aromatic heterocycles. The summed E-state index contributed by atoms with van der Waals surface area (Å²) in [7, 11) is -2.15. The van der Waals surface area contributed by atoms with E-state index in [0.29, 0.717) is 18.4 Å². The second kappa shape index (κ2) is 7.43. The average Bonchev–Trinajstić information content (AvgIpc) is 3.39. The highest BCUT2D eigenvalue weighted by atomic mass is 32.2. The van der Waals surface area contributed by atoms with Gasteiger partial charge in [0.05, 0.1) is 23.7 Å². The molecule has 8 nitrogen and oxygen atoms in total. The Hall–Kier alpha value is -2.42. The molecule has 0 radical (unpaired) electrons. The van der Waals surface area contributed by atoms with Crippen molar-refractivity contribution in [1.29, 1.82) is 0 Å². The highest BCUT2D eigenvalue weighted by Crippen LogP contribution is 2.33. The standard InChI is InChI=1S/C15H17NO7S/c1-22-15(19)14(16-23-9-8-13(17)18)10-2-4-11(5-3-10)24(20,21)12-6-7-12/h2-5,12H,6-9H2,1H3,(H,17,18)/b16-14+. The van der Waals surface area contributed by atoms with Crippen molar-refractivity contribution in [1.82, 2.24) is 0 Å². The summed E-state index contributed by atoms with van der Waals surface area (Å²) in [5, 5.41) is 11.8. The van der Waals surface area contributed by atoms with E-state index in [4.69, 9.17) is 9.94 Å². The van der Waals surface area contributed by atoms with Crippen molar-refractivity contribution in [2.75, 3.05) is 13.7 Å². The number of hydrogen-bond donors (Lipinski definition) is 1. The van der Waals surface area contributed by atoms with Gasteiger partial charge >= 0.3 is 11.9 Å². The van der Waals surface area contributed by atoms with E-state index in [1.165, 1.54) is 31.4 Å². The minimum Gasteiger partial charge on any atom is -0.481 e. The molecule has 1 aliphatic carbocycles. The number of carbonyl (C=O) groups is 2. The number of oxime groups is 1. The predicted octanol–water partition coefficient (Wildman–Crippen LogP) is 0.991. The molecule has 1 aromatic carbocycles. The third-order valence-electron chi connectivity index (χ3n) is 3.36. The summed E-state index contributed by atoms with van der Waals surface area (Å²) >= 11 is 0. The summed E-state index contributed by atoms with van der Waals surface area (Å²) in [6.45, 7) is -0.204. The smallest absolute Gasteiger partial charge is 0.360 e. The van der Waals surface area contributed by atoms with Crippen molar-refractivity contribution in [3.63, 3.8) is 0 Å². The first-order valence-corrected chi connectivity index (χ1v) is 8.75. The zero-order valence-electron chi connectivity index (χ0n) is 13.0. The number of carbonyl (C=O) groups excluding carboxylic acids is 1. The van der Waals surface area contributed by atoms with Crippen LogP contribution in [0.4, 0.5) is 0 Å². The van der Waals surface area contributed by atoms with Crippen molar-refractivity contribution >= 4 is 27.5 Å². The number of hydrogen-bond acceptors (Lipinski definition) is 7. The quantitative estimate of drug-likeness (QED) is 0.319. The van der Waals surface area contributed by atoms with Gasteiger partial charge < -0.3 is 14.7 Å². The molecule has 0 amide bonds. The van der Waals surface area contributed by atoms with Crippen LogP contribution in [0.1, 0.15) is 24.8 Å². The fourth-order valence-corrected chi connectivity index (χ4v) is 3.58. The van der Waals surface area contributed by atoms with Crippen LogP contribution < -0.4 is 0 Å². The molecular formula is C15H17NO7S. The Kier molecular flexibility index (Phi) is 5.55. The van der Waals surface area contributed by atoms with E-state index >= 15 is 0 Å². The Morgan fingerprint density at radius 3 is 2.38 bits per heavy atom. The molecule has 1 saturated carbocycles. The Balaban J connectivity index is 2.18. The largest absolute Gasteiger partial charge is 0.481 e. The molecule has 1 fully saturated rings. The lowest BCUT2D eigenvalue weighted by Gasteiger charge is -2.07. The molecule has 1 N–H and O–H groups in total. The fourth-order valence-electron chi connectivity index (χ4n) is 1.92. The SMILES string of the molecule is COC(=O)/C(=N/OCCC(=O)O)c1ccc(S(=O)(=O)C2CC2)cc1. The topological polar surface area (TPSA) is 119 Å². The molecule has 0 spiro atoms. The van der Waals surface area contributed by atoms with Gasteiger partial charge in [-0.1, -0.05) is 17.3 Å². The molecule has 9 heteroatoms. The minimum absolute atomic E-state index is 0.168. The van der Waals surface area contributed by atoms with Crippen molar-refractivity contribution in [3.05, 3.63) is 29.8 Å². The normalized spacial score (nSPS) is 15.0. The van der Waals surface area contributed by atoms with E-state index in [2.05, 4.69) is 9.89 Å². The van der Waals surface area contributed by atoms with Gasteiger partial charge in [-0.15, -0.1) is 0 Å². The van der Waals surface area contributed by atoms with E-state index in [9.17, 15) is 18.0 Å². The molecule has 0 saturated heterocycles. The number of nitrogens with zero attached hydrogens (tertiary/aromatic N) is 1. The molecule has 0 aliphatic heterocycles. The van der Waals surface area contributed by atoms with E-state index in [1.807, 2.05) is 0 Å². The highest BCUT2D eigenvalue weighted by Gasteiger charge is 2.36. The molecule has 0 unspecified atom stereocenters. The molecule has 0 bridgehead atoms.